The Hall–Kier alpha value is -0.720. The maximum Gasteiger partial charge on any atom is 0.317 e. The first-order valence-electron chi connectivity index (χ1n) is 7.32. The minimum atomic E-state index is -0.00717. The predicted molar refractivity (Wildman–Crippen MR) is 90.2 cm³/mol. The van der Waals surface area contributed by atoms with Gasteiger partial charge in [-0.05, 0) is 54.7 Å². The molecule has 2 rings (SSSR count). The minimum Gasteiger partial charge on any atom is -0.367 e. The third kappa shape index (κ3) is 4.90. The third-order valence-electron chi connectivity index (χ3n) is 3.59. The van der Waals surface area contributed by atoms with E-state index in [9.17, 15) is 4.79 Å². The van der Waals surface area contributed by atoms with E-state index in [1.807, 2.05) is 29.0 Å². The van der Waals surface area contributed by atoms with Gasteiger partial charge in [-0.1, -0.05) is 0 Å². The summed E-state index contributed by atoms with van der Waals surface area (Å²) in [5.74, 6) is 1.07. The van der Waals surface area contributed by atoms with Gasteiger partial charge in [0.2, 0.25) is 0 Å². The van der Waals surface area contributed by atoms with Crippen molar-refractivity contribution in [1.82, 2.24) is 10.2 Å². The second kappa shape index (κ2) is 8.06. The number of rotatable bonds is 5. The number of nitrogens with one attached hydrogen (secondary N) is 1. The summed E-state index contributed by atoms with van der Waals surface area (Å²) >= 11 is 3.47. The Morgan fingerprint density at radius 3 is 3.10 bits per heavy atom. The molecule has 0 bridgehead atoms. The zero-order chi connectivity index (χ0) is 15.2. The van der Waals surface area contributed by atoms with Crippen molar-refractivity contribution in [3.05, 3.63) is 22.4 Å². The average molecular weight is 329 g/mol. The summed E-state index contributed by atoms with van der Waals surface area (Å²) in [7, 11) is 0. The van der Waals surface area contributed by atoms with Crippen LogP contribution in [0.3, 0.4) is 0 Å². The molecule has 21 heavy (non-hydrogen) atoms. The highest BCUT2D eigenvalue weighted by Gasteiger charge is 2.29. The lowest BCUT2D eigenvalue weighted by molar-refractivity contribution is -0.0656. The van der Waals surface area contributed by atoms with Crippen LogP contribution >= 0.6 is 23.1 Å². The largest absolute Gasteiger partial charge is 0.367 e. The van der Waals surface area contributed by atoms with Crippen molar-refractivity contribution in [3.63, 3.8) is 0 Å². The number of ether oxygens (including phenoxy) is 1. The Kier molecular flexibility index (Phi) is 6.39. The Balaban J connectivity index is 1.91. The molecule has 2 amide bonds. The van der Waals surface area contributed by atoms with Crippen LogP contribution in [0, 0.1) is 0 Å². The molecule has 1 aliphatic rings. The van der Waals surface area contributed by atoms with Gasteiger partial charge in [0.05, 0.1) is 12.6 Å². The summed E-state index contributed by atoms with van der Waals surface area (Å²) in [6, 6.07) is 2.31. The van der Waals surface area contributed by atoms with Crippen LogP contribution < -0.4 is 5.32 Å². The van der Waals surface area contributed by atoms with E-state index in [0.717, 1.165) is 12.2 Å². The van der Waals surface area contributed by atoms with Gasteiger partial charge in [-0.15, -0.1) is 0 Å². The minimum absolute atomic E-state index is 0.00717. The van der Waals surface area contributed by atoms with E-state index in [4.69, 9.17) is 4.74 Å². The molecule has 4 nitrogen and oxygen atoms in total. The Morgan fingerprint density at radius 2 is 2.43 bits per heavy atom. The molecule has 1 aromatic heterocycles. The Bertz CT molecular complexity index is 439. The second-order valence-electron chi connectivity index (χ2n) is 5.53. The van der Waals surface area contributed by atoms with Crippen molar-refractivity contribution >= 4 is 29.1 Å². The fourth-order valence-electron chi connectivity index (χ4n) is 2.43. The van der Waals surface area contributed by atoms with Crippen LogP contribution in [0.4, 0.5) is 4.79 Å². The SMILES string of the molecule is CSCC[C@H](C)NC(=O)N1C[C@@H](c2ccsc2)O[C@@H](C)C1. The van der Waals surface area contributed by atoms with E-state index in [-0.39, 0.29) is 24.3 Å². The lowest BCUT2D eigenvalue weighted by atomic mass is 10.1. The lowest BCUT2D eigenvalue weighted by Gasteiger charge is -2.37. The van der Waals surface area contributed by atoms with Crippen LogP contribution in [-0.4, -0.2) is 48.2 Å². The average Bonchev–Trinajstić information content (AvgIpc) is 2.98. The van der Waals surface area contributed by atoms with E-state index in [0.29, 0.717) is 13.1 Å². The first-order valence-corrected chi connectivity index (χ1v) is 9.65. The van der Waals surface area contributed by atoms with Crippen molar-refractivity contribution < 1.29 is 9.53 Å². The highest BCUT2D eigenvalue weighted by molar-refractivity contribution is 7.98. The lowest BCUT2D eigenvalue weighted by Crippen LogP contribution is -2.51. The number of morpholine rings is 1. The van der Waals surface area contributed by atoms with Gasteiger partial charge in [0.15, 0.2) is 0 Å². The number of carbonyl (C=O) groups excluding carboxylic acids is 1. The number of hydrogen-bond donors (Lipinski definition) is 1. The maximum atomic E-state index is 12.4. The standard InChI is InChI=1S/C15H24N2O2S2/c1-11(4-6-20-3)16-15(18)17-8-12(2)19-14(9-17)13-5-7-21-10-13/h5,7,10-12,14H,4,6,8-9H2,1-3H3,(H,16,18)/t11-,12-,14-/m0/s1. The van der Waals surface area contributed by atoms with Gasteiger partial charge in [0.25, 0.3) is 0 Å². The topological polar surface area (TPSA) is 41.6 Å². The molecule has 6 heteroatoms. The fraction of sp³-hybridized carbons (Fsp3) is 0.667. The van der Waals surface area contributed by atoms with Gasteiger partial charge >= 0.3 is 6.03 Å². The fourth-order valence-corrected chi connectivity index (χ4v) is 3.72. The molecule has 2 heterocycles. The molecule has 0 unspecified atom stereocenters. The van der Waals surface area contributed by atoms with Gasteiger partial charge in [-0.3, -0.25) is 0 Å². The quantitative estimate of drug-likeness (QED) is 0.901. The Morgan fingerprint density at radius 1 is 1.62 bits per heavy atom. The molecular weight excluding hydrogens is 304 g/mol. The number of urea groups is 1. The monoisotopic (exact) mass is 328 g/mol. The van der Waals surface area contributed by atoms with Crippen LogP contribution in [0.5, 0.6) is 0 Å². The van der Waals surface area contributed by atoms with Gasteiger partial charge in [0, 0.05) is 12.6 Å². The number of thioether (sulfide) groups is 1. The Labute approximate surface area is 135 Å². The molecule has 0 aliphatic carbocycles. The molecule has 3 atom stereocenters. The molecular formula is C15H24N2O2S2. The highest BCUT2D eigenvalue weighted by Crippen LogP contribution is 2.26. The van der Waals surface area contributed by atoms with Crippen molar-refractivity contribution in [2.45, 2.75) is 38.5 Å². The van der Waals surface area contributed by atoms with Crippen molar-refractivity contribution in [2.75, 3.05) is 25.1 Å². The number of thiophene rings is 1. The third-order valence-corrected chi connectivity index (χ3v) is 4.93. The van der Waals surface area contributed by atoms with E-state index in [2.05, 4.69) is 29.9 Å². The number of carbonyl (C=O) groups is 1. The molecule has 1 aliphatic heterocycles. The summed E-state index contributed by atoms with van der Waals surface area (Å²) in [6.07, 6.45) is 3.15. The van der Waals surface area contributed by atoms with E-state index < -0.39 is 0 Å². The predicted octanol–water partition coefficient (Wildman–Crippen LogP) is 3.36. The van der Waals surface area contributed by atoms with Crippen LogP contribution in [0.15, 0.2) is 16.8 Å². The van der Waals surface area contributed by atoms with Crippen LogP contribution in [-0.2, 0) is 4.74 Å². The maximum absolute atomic E-state index is 12.4. The summed E-state index contributed by atoms with van der Waals surface area (Å²) in [5, 5.41) is 7.24. The van der Waals surface area contributed by atoms with Gasteiger partial charge in [-0.25, -0.2) is 4.79 Å². The van der Waals surface area contributed by atoms with Gasteiger partial charge in [-0.2, -0.15) is 23.1 Å². The zero-order valence-electron chi connectivity index (χ0n) is 12.9. The number of hydrogen-bond acceptors (Lipinski definition) is 4. The van der Waals surface area contributed by atoms with E-state index >= 15 is 0 Å². The summed E-state index contributed by atoms with van der Waals surface area (Å²) < 4.78 is 5.96. The van der Waals surface area contributed by atoms with Crippen LogP contribution in [0.2, 0.25) is 0 Å². The first-order chi connectivity index (χ1) is 10.1. The molecule has 0 radical (unpaired) electrons. The second-order valence-corrected chi connectivity index (χ2v) is 7.29. The molecule has 0 aromatic carbocycles. The van der Waals surface area contributed by atoms with Crippen LogP contribution in [0.25, 0.3) is 0 Å². The normalized spacial score (nSPS) is 23.9. The molecule has 1 fully saturated rings. The summed E-state index contributed by atoms with van der Waals surface area (Å²) in [4.78, 5) is 14.3. The molecule has 0 saturated carbocycles. The number of amides is 2. The van der Waals surface area contributed by atoms with Crippen molar-refractivity contribution in [1.29, 1.82) is 0 Å². The molecule has 1 saturated heterocycles. The van der Waals surface area contributed by atoms with E-state index in [1.54, 1.807) is 11.3 Å². The summed E-state index contributed by atoms with van der Waals surface area (Å²) in [6.45, 7) is 5.37. The van der Waals surface area contributed by atoms with Crippen LogP contribution in [0.1, 0.15) is 31.9 Å². The highest BCUT2D eigenvalue weighted by atomic mass is 32.2. The molecule has 118 valence electrons. The van der Waals surface area contributed by atoms with Gasteiger partial charge in [0.1, 0.15) is 6.10 Å². The molecule has 1 N–H and O–H groups in total. The molecule has 0 spiro atoms. The summed E-state index contributed by atoms with van der Waals surface area (Å²) in [5.41, 5.74) is 1.17. The smallest absolute Gasteiger partial charge is 0.317 e. The first kappa shape index (κ1) is 16.6. The van der Waals surface area contributed by atoms with E-state index in [1.165, 1.54) is 5.56 Å². The van der Waals surface area contributed by atoms with Crippen molar-refractivity contribution in [2.24, 2.45) is 0 Å². The number of nitrogens with zero attached hydrogens (tertiary/aromatic N) is 1. The molecule has 1 aromatic rings. The zero-order valence-corrected chi connectivity index (χ0v) is 14.5. The van der Waals surface area contributed by atoms with Crippen molar-refractivity contribution in [3.8, 4) is 0 Å². The van der Waals surface area contributed by atoms with Gasteiger partial charge < -0.3 is 15.0 Å².